The van der Waals surface area contributed by atoms with Crippen LogP contribution in [0.1, 0.15) is 62.8 Å². The van der Waals surface area contributed by atoms with Gasteiger partial charge in [-0.25, -0.2) is 4.79 Å². The first kappa shape index (κ1) is 28.9. The largest absolute Gasteiger partial charge is 0.493 e. The number of rotatable bonds is 7. The minimum atomic E-state index is -4.79. The molecule has 1 saturated carbocycles. The fourth-order valence-electron chi connectivity index (χ4n) is 5.30. The summed E-state index contributed by atoms with van der Waals surface area (Å²) < 4.78 is 62.5. The molecular formula is C32H34F3NO5. The lowest BCUT2D eigenvalue weighted by atomic mass is 9.84. The summed E-state index contributed by atoms with van der Waals surface area (Å²) in [6, 6.07) is 10.7. The van der Waals surface area contributed by atoms with Gasteiger partial charge in [0.05, 0.1) is 24.9 Å². The Bertz CT molecular complexity index is 1520. The molecule has 0 saturated heterocycles. The molecule has 0 amide bonds. The predicted octanol–water partition coefficient (Wildman–Crippen LogP) is 6.97. The highest BCUT2D eigenvalue weighted by atomic mass is 19.4. The molecule has 2 aliphatic rings. The summed E-state index contributed by atoms with van der Waals surface area (Å²) in [6.07, 6.45) is -1.21. The molecule has 9 heteroatoms. The summed E-state index contributed by atoms with van der Waals surface area (Å²) in [7, 11) is 1.13. The van der Waals surface area contributed by atoms with Crippen molar-refractivity contribution in [1.82, 2.24) is 4.57 Å². The summed E-state index contributed by atoms with van der Waals surface area (Å²) in [5.41, 5.74) is 0.0859. The minimum Gasteiger partial charge on any atom is -0.493 e. The topological polar surface area (TPSA) is 66.8 Å². The number of hydrogen-bond donors (Lipinski definition) is 0. The van der Waals surface area contributed by atoms with Crippen LogP contribution < -0.4 is 10.3 Å². The first-order valence-corrected chi connectivity index (χ1v) is 13.8. The molecular weight excluding hydrogens is 535 g/mol. The first-order valence-electron chi connectivity index (χ1n) is 13.8. The van der Waals surface area contributed by atoms with Gasteiger partial charge < -0.3 is 18.8 Å². The predicted molar refractivity (Wildman–Crippen MR) is 149 cm³/mol. The van der Waals surface area contributed by atoms with Crippen molar-refractivity contribution >= 4 is 5.97 Å². The molecule has 0 spiro atoms. The average Bonchev–Trinajstić information content (AvgIpc) is 3.74. The van der Waals surface area contributed by atoms with E-state index in [1.54, 1.807) is 49.7 Å². The van der Waals surface area contributed by atoms with Crippen molar-refractivity contribution in [3.63, 3.8) is 0 Å². The Balaban J connectivity index is 1.84. The quantitative estimate of drug-likeness (QED) is 0.288. The highest BCUT2D eigenvalue weighted by molar-refractivity contribution is 5.91. The number of alkyl halides is 3. The molecule has 41 heavy (non-hydrogen) atoms. The maximum absolute atomic E-state index is 14.7. The Morgan fingerprint density at radius 2 is 1.80 bits per heavy atom. The Hall–Kier alpha value is -3.59. The number of benzene rings is 2. The van der Waals surface area contributed by atoms with E-state index in [1.807, 2.05) is 6.07 Å². The molecule has 0 radical (unpaired) electrons. The molecule has 1 aliphatic heterocycles. The second-order valence-electron chi connectivity index (χ2n) is 11.7. The number of aryl methyl sites for hydroxylation is 1. The number of pyridine rings is 1. The molecule has 0 bridgehead atoms. The summed E-state index contributed by atoms with van der Waals surface area (Å²) in [6.45, 7) is 6.12. The van der Waals surface area contributed by atoms with Crippen LogP contribution in [0.5, 0.6) is 5.75 Å². The summed E-state index contributed by atoms with van der Waals surface area (Å²) >= 11 is 0. The van der Waals surface area contributed by atoms with Gasteiger partial charge in [-0.3, -0.25) is 4.79 Å². The average molecular weight is 570 g/mol. The lowest BCUT2D eigenvalue weighted by Gasteiger charge is -2.31. The molecule has 1 aliphatic carbocycles. The van der Waals surface area contributed by atoms with Gasteiger partial charge in [-0.1, -0.05) is 12.1 Å². The SMILES string of the molecule is COC(=O)C(OC(C)(C)C)c1c(C(F)(F)F)ccc(-c2ccc(=O)n(CC3CC3)c2)c1-c1ccc2c(c1)CCCO2. The molecule has 3 aromatic rings. The molecule has 1 fully saturated rings. The number of ether oxygens (including phenoxy) is 3. The zero-order chi connectivity index (χ0) is 29.5. The van der Waals surface area contributed by atoms with Crippen molar-refractivity contribution in [3.8, 4) is 28.0 Å². The van der Waals surface area contributed by atoms with E-state index in [0.717, 1.165) is 38.0 Å². The lowest BCUT2D eigenvalue weighted by molar-refractivity contribution is -0.166. The van der Waals surface area contributed by atoms with Crippen LogP contribution in [0, 0.1) is 5.92 Å². The third kappa shape index (κ3) is 6.35. The molecule has 1 unspecified atom stereocenters. The molecule has 1 atom stereocenters. The van der Waals surface area contributed by atoms with Crippen molar-refractivity contribution in [2.24, 2.45) is 5.92 Å². The molecule has 2 aromatic carbocycles. The van der Waals surface area contributed by atoms with Crippen LogP contribution in [-0.2, 0) is 33.4 Å². The van der Waals surface area contributed by atoms with Crippen molar-refractivity contribution in [2.75, 3.05) is 13.7 Å². The van der Waals surface area contributed by atoms with Crippen LogP contribution in [0.15, 0.2) is 53.5 Å². The van der Waals surface area contributed by atoms with E-state index >= 15 is 0 Å². The van der Waals surface area contributed by atoms with Crippen molar-refractivity contribution in [1.29, 1.82) is 0 Å². The van der Waals surface area contributed by atoms with Crippen molar-refractivity contribution in [3.05, 3.63) is 75.7 Å². The van der Waals surface area contributed by atoms with Gasteiger partial charge in [0.1, 0.15) is 5.75 Å². The van der Waals surface area contributed by atoms with E-state index in [9.17, 15) is 22.8 Å². The highest BCUT2D eigenvalue weighted by Gasteiger charge is 2.42. The van der Waals surface area contributed by atoms with Crippen LogP contribution in [0.3, 0.4) is 0 Å². The number of hydrogen-bond acceptors (Lipinski definition) is 5. The van der Waals surface area contributed by atoms with Gasteiger partial charge in [-0.2, -0.15) is 13.2 Å². The summed E-state index contributed by atoms with van der Waals surface area (Å²) in [5.74, 6) is 0.155. The lowest BCUT2D eigenvalue weighted by Crippen LogP contribution is -2.30. The van der Waals surface area contributed by atoms with E-state index in [-0.39, 0.29) is 16.7 Å². The smallest absolute Gasteiger partial charge is 0.416 e. The maximum Gasteiger partial charge on any atom is 0.416 e. The monoisotopic (exact) mass is 569 g/mol. The van der Waals surface area contributed by atoms with Gasteiger partial charge in [-0.15, -0.1) is 0 Å². The second kappa shape index (κ2) is 11.0. The minimum absolute atomic E-state index is 0.177. The third-order valence-corrected chi connectivity index (χ3v) is 7.34. The van der Waals surface area contributed by atoms with E-state index in [2.05, 4.69) is 0 Å². The number of aromatic nitrogens is 1. The van der Waals surface area contributed by atoms with Gasteiger partial charge in [-0.05, 0) is 104 Å². The van der Waals surface area contributed by atoms with Gasteiger partial charge in [0.15, 0.2) is 6.10 Å². The maximum atomic E-state index is 14.7. The van der Waals surface area contributed by atoms with E-state index in [0.29, 0.717) is 47.9 Å². The zero-order valence-corrected chi connectivity index (χ0v) is 23.6. The fourth-order valence-corrected chi connectivity index (χ4v) is 5.30. The Labute approximate surface area is 237 Å². The fraction of sp³-hybridized carbons (Fsp3) is 0.438. The molecule has 1 aromatic heterocycles. The van der Waals surface area contributed by atoms with Crippen LogP contribution >= 0.6 is 0 Å². The van der Waals surface area contributed by atoms with Crippen LogP contribution in [-0.4, -0.2) is 29.9 Å². The van der Waals surface area contributed by atoms with Gasteiger partial charge in [0, 0.05) is 24.4 Å². The van der Waals surface area contributed by atoms with E-state index in [1.165, 1.54) is 12.1 Å². The highest BCUT2D eigenvalue weighted by Crippen LogP contribution is 2.47. The normalized spacial score (nSPS) is 16.1. The number of halogens is 3. The standard InChI is InChI=1S/C32H34F3NO5/c1-31(2,3)41-29(30(38)39-4)28-24(32(33,34)35)12-11-23(22-10-14-26(37)36(18-22)17-19-7-8-19)27(28)21-9-13-25-20(16-21)6-5-15-40-25/h9-14,16,18-19,29H,5-8,15,17H2,1-4H3. The summed E-state index contributed by atoms with van der Waals surface area (Å²) in [4.78, 5) is 25.8. The van der Waals surface area contributed by atoms with E-state index < -0.39 is 29.4 Å². The molecule has 218 valence electrons. The Kier molecular flexibility index (Phi) is 7.76. The Morgan fingerprint density at radius 3 is 2.46 bits per heavy atom. The van der Waals surface area contributed by atoms with Crippen molar-refractivity contribution in [2.45, 2.75) is 70.9 Å². The number of carbonyl (C=O) groups is 1. The zero-order valence-electron chi connectivity index (χ0n) is 23.6. The number of carbonyl (C=O) groups excluding carboxylic acids is 1. The molecule has 5 rings (SSSR count). The first-order chi connectivity index (χ1) is 19.4. The van der Waals surface area contributed by atoms with Gasteiger partial charge in [0.25, 0.3) is 5.56 Å². The second-order valence-corrected chi connectivity index (χ2v) is 11.7. The summed E-state index contributed by atoms with van der Waals surface area (Å²) in [5, 5.41) is 0. The number of esters is 1. The molecule has 6 nitrogen and oxygen atoms in total. The van der Waals surface area contributed by atoms with Crippen molar-refractivity contribution < 1.29 is 32.2 Å². The van der Waals surface area contributed by atoms with Crippen LogP contribution in [0.4, 0.5) is 13.2 Å². The number of nitrogens with zero attached hydrogens (tertiary/aromatic N) is 1. The molecule has 2 heterocycles. The molecule has 0 N–H and O–H groups in total. The van der Waals surface area contributed by atoms with E-state index in [4.69, 9.17) is 14.2 Å². The van der Waals surface area contributed by atoms with Gasteiger partial charge >= 0.3 is 12.1 Å². The van der Waals surface area contributed by atoms with Gasteiger partial charge in [0.2, 0.25) is 0 Å². The third-order valence-electron chi connectivity index (χ3n) is 7.34. The van der Waals surface area contributed by atoms with Crippen LogP contribution in [0.25, 0.3) is 22.3 Å². The number of methoxy groups -OCH3 is 1. The number of fused-ring (bicyclic) bond motifs is 1. The van der Waals surface area contributed by atoms with Crippen LogP contribution in [0.2, 0.25) is 0 Å². The Morgan fingerprint density at radius 1 is 1.07 bits per heavy atom.